The molecule has 3 aromatic rings. The first-order chi connectivity index (χ1) is 13.6. The van der Waals surface area contributed by atoms with Gasteiger partial charge in [0.1, 0.15) is 5.82 Å². The van der Waals surface area contributed by atoms with Crippen LogP contribution in [0.3, 0.4) is 0 Å². The van der Waals surface area contributed by atoms with E-state index in [-0.39, 0.29) is 11.8 Å². The molecule has 1 aromatic carbocycles. The minimum Gasteiger partial charge on any atom is -0.342 e. The van der Waals surface area contributed by atoms with Crippen molar-refractivity contribution in [2.75, 3.05) is 23.3 Å². The number of fused-ring (bicyclic) bond motifs is 1. The van der Waals surface area contributed by atoms with Crippen molar-refractivity contribution >= 4 is 28.6 Å². The van der Waals surface area contributed by atoms with Crippen LogP contribution in [0.2, 0.25) is 0 Å². The molecule has 7 nitrogen and oxygen atoms in total. The normalized spacial score (nSPS) is 17.2. The number of carbonyl (C=O) groups excluding carboxylic acids is 1. The lowest BCUT2D eigenvalue weighted by Gasteiger charge is -2.31. The highest BCUT2D eigenvalue weighted by Gasteiger charge is 2.27. The lowest BCUT2D eigenvalue weighted by molar-refractivity contribution is -0.120. The Kier molecular flexibility index (Phi) is 5.23. The zero-order valence-corrected chi connectivity index (χ0v) is 16.4. The van der Waals surface area contributed by atoms with Crippen LogP contribution in [0.4, 0.5) is 11.6 Å². The van der Waals surface area contributed by atoms with Gasteiger partial charge in [-0.1, -0.05) is 13.8 Å². The van der Waals surface area contributed by atoms with Crippen LogP contribution in [0.25, 0.3) is 11.0 Å². The fraction of sp³-hybridized carbons (Fsp3) is 0.429. The molecule has 1 amide bonds. The zero-order valence-electron chi connectivity index (χ0n) is 16.4. The van der Waals surface area contributed by atoms with Crippen molar-refractivity contribution in [2.45, 2.75) is 33.1 Å². The van der Waals surface area contributed by atoms with Gasteiger partial charge in [0.2, 0.25) is 11.9 Å². The summed E-state index contributed by atoms with van der Waals surface area (Å²) in [5.41, 5.74) is 2.68. The number of imidazole rings is 1. The van der Waals surface area contributed by atoms with Gasteiger partial charge < -0.3 is 15.2 Å². The molecule has 0 aliphatic carbocycles. The van der Waals surface area contributed by atoms with Gasteiger partial charge in [0, 0.05) is 37.6 Å². The van der Waals surface area contributed by atoms with Crippen LogP contribution in [0.15, 0.2) is 36.7 Å². The van der Waals surface area contributed by atoms with Gasteiger partial charge in [0.05, 0.1) is 17.0 Å². The molecule has 0 unspecified atom stereocenters. The topological polar surface area (TPSA) is 86.8 Å². The van der Waals surface area contributed by atoms with Crippen molar-refractivity contribution in [1.82, 2.24) is 19.9 Å². The Labute approximate surface area is 164 Å². The molecule has 0 radical (unpaired) electrons. The SMILES string of the molecule is CC(C)Cc1nc2ccc(NC(=O)[C@H]3CCCN(c4ncccn4)C3)cc2[nH]1. The van der Waals surface area contributed by atoms with E-state index in [4.69, 9.17) is 0 Å². The van der Waals surface area contributed by atoms with Crippen LogP contribution >= 0.6 is 0 Å². The molecule has 1 aliphatic heterocycles. The summed E-state index contributed by atoms with van der Waals surface area (Å²) in [4.78, 5) is 31.5. The molecule has 2 N–H and O–H groups in total. The molecule has 0 saturated carbocycles. The number of rotatable bonds is 5. The number of nitrogens with zero attached hydrogens (tertiary/aromatic N) is 4. The number of benzene rings is 1. The fourth-order valence-corrected chi connectivity index (χ4v) is 3.70. The zero-order chi connectivity index (χ0) is 19.5. The number of nitrogens with one attached hydrogen (secondary N) is 2. The molecule has 3 heterocycles. The highest BCUT2D eigenvalue weighted by molar-refractivity contribution is 5.94. The van der Waals surface area contributed by atoms with Crippen molar-refractivity contribution in [1.29, 1.82) is 0 Å². The molecule has 146 valence electrons. The predicted molar refractivity (Wildman–Crippen MR) is 110 cm³/mol. The van der Waals surface area contributed by atoms with Crippen LogP contribution in [0.1, 0.15) is 32.5 Å². The maximum Gasteiger partial charge on any atom is 0.229 e. The summed E-state index contributed by atoms with van der Waals surface area (Å²) in [5, 5.41) is 3.07. The number of hydrogen-bond acceptors (Lipinski definition) is 5. The van der Waals surface area contributed by atoms with E-state index >= 15 is 0 Å². The average molecular weight is 378 g/mol. The maximum absolute atomic E-state index is 12.8. The third-order valence-electron chi connectivity index (χ3n) is 5.03. The van der Waals surface area contributed by atoms with Crippen LogP contribution in [0, 0.1) is 11.8 Å². The largest absolute Gasteiger partial charge is 0.342 e. The third kappa shape index (κ3) is 4.13. The molecular formula is C21H26N6O. The van der Waals surface area contributed by atoms with Gasteiger partial charge in [-0.15, -0.1) is 0 Å². The third-order valence-corrected chi connectivity index (χ3v) is 5.03. The van der Waals surface area contributed by atoms with E-state index in [0.717, 1.165) is 48.4 Å². The smallest absolute Gasteiger partial charge is 0.229 e. The van der Waals surface area contributed by atoms with Gasteiger partial charge in [-0.05, 0) is 43.0 Å². The Morgan fingerprint density at radius 2 is 2.14 bits per heavy atom. The predicted octanol–water partition coefficient (Wildman–Crippen LogP) is 3.41. The number of piperidine rings is 1. The van der Waals surface area contributed by atoms with E-state index in [1.54, 1.807) is 18.5 Å². The van der Waals surface area contributed by atoms with Crippen molar-refractivity contribution in [2.24, 2.45) is 11.8 Å². The highest BCUT2D eigenvalue weighted by Crippen LogP contribution is 2.23. The van der Waals surface area contributed by atoms with Gasteiger partial charge in [-0.2, -0.15) is 0 Å². The molecule has 7 heteroatoms. The summed E-state index contributed by atoms with van der Waals surface area (Å²) in [5.74, 6) is 2.19. The second kappa shape index (κ2) is 7.96. The van der Waals surface area contributed by atoms with Crippen molar-refractivity contribution < 1.29 is 4.79 Å². The number of amides is 1. The number of aromatic amines is 1. The molecule has 0 bridgehead atoms. The maximum atomic E-state index is 12.8. The summed E-state index contributed by atoms with van der Waals surface area (Å²) in [6.07, 6.45) is 6.21. The van der Waals surface area contributed by atoms with Crippen molar-refractivity contribution in [3.63, 3.8) is 0 Å². The molecule has 1 fully saturated rings. The molecule has 1 aliphatic rings. The standard InChI is InChI=1S/C21H26N6O/c1-14(2)11-19-25-17-7-6-16(12-18(17)26-19)24-20(28)15-5-3-10-27(13-15)21-22-8-4-9-23-21/h4,6-9,12,14-15H,3,5,10-11,13H2,1-2H3,(H,24,28)(H,25,26)/t15-/m0/s1. The average Bonchev–Trinajstić information content (AvgIpc) is 3.09. The summed E-state index contributed by atoms with van der Waals surface area (Å²) in [6, 6.07) is 7.64. The first-order valence-corrected chi connectivity index (χ1v) is 9.90. The van der Waals surface area contributed by atoms with Crippen LogP contribution in [0.5, 0.6) is 0 Å². The first-order valence-electron chi connectivity index (χ1n) is 9.90. The summed E-state index contributed by atoms with van der Waals surface area (Å²) >= 11 is 0. The first kappa shape index (κ1) is 18.4. The number of H-pyrrole nitrogens is 1. The van der Waals surface area contributed by atoms with Crippen LogP contribution in [-0.4, -0.2) is 38.9 Å². The Morgan fingerprint density at radius 1 is 1.32 bits per heavy atom. The van der Waals surface area contributed by atoms with Gasteiger partial charge >= 0.3 is 0 Å². The number of carbonyl (C=O) groups is 1. The van der Waals surface area contributed by atoms with Gasteiger partial charge in [0.15, 0.2) is 0 Å². The number of hydrogen-bond donors (Lipinski definition) is 2. The second-order valence-electron chi connectivity index (χ2n) is 7.84. The highest BCUT2D eigenvalue weighted by atomic mass is 16.1. The van der Waals surface area contributed by atoms with Crippen molar-refractivity contribution in [3.05, 3.63) is 42.5 Å². The van der Waals surface area contributed by atoms with Crippen molar-refractivity contribution in [3.8, 4) is 0 Å². The van der Waals surface area contributed by atoms with Gasteiger partial charge in [-0.3, -0.25) is 4.79 Å². The van der Waals surface area contributed by atoms with E-state index < -0.39 is 0 Å². The molecule has 1 saturated heterocycles. The second-order valence-corrected chi connectivity index (χ2v) is 7.84. The van der Waals surface area contributed by atoms with E-state index in [1.165, 1.54) is 0 Å². The van der Waals surface area contributed by atoms with Crippen LogP contribution < -0.4 is 10.2 Å². The number of aromatic nitrogens is 4. The summed E-state index contributed by atoms with van der Waals surface area (Å²) in [7, 11) is 0. The lowest BCUT2D eigenvalue weighted by Crippen LogP contribution is -2.41. The van der Waals surface area contributed by atoms with E-state index in [2.05, 4.69) is 44.0 Å². The fourth-order valence-electron chi connectivity index (χ4n) is 3.70. The molecular weight excluding hydrogens is 352 g/mol. The summed E-state index contributed by atoms with van der Waals surface area (Å²) < 4.78 is 0. The minimum atomic E-state index is -0.0773. The molecule has 28 heavy (non-hydrogen) atoms. The minimum absolute atomic E-state index is 0.0434. The quantitative estimate of drug-likeness (QED) is 0.710. The van der Waals surface area contributed by atoms with Crippen LogP contribution in [-0.2, 0) is 11.2 Å². The molecule has 0 spiro atoms. The van der Waals surface area contributed by atoms with E-state index in [0.29, 0.717) is 18.4 Å². The van der Waals surface area contributed by atoms with Gasteiger partial charge in [-0.25, -0.2) is 15.0 Å². The molecule has 2 aromatic heterocycles. The lowest BCUT2D eigenvalue weighted by atomic mass is 9.97. The Bertz CT molecular complexity index is 952. The summed E-state index contributed by atoms with van der Waals surface area (Å²) in [6.45, 7) is 5.87. The van der Waals surface area contributed by atoms with E-state index in [9.17, 15) is 4.79 Å². The van der Waals surface area contributed by atoms with Gasteiger partial charge in [0.25, 0.3) is 0 Å². The Morgan fingerprint density at radius 3 is 2.93 bits per heavy atom. The molecule has 1 atom stereocenters. The van der Waals surface area contributed by atoms with E-state index in [1.807, 2.05) is 18.2 Å². The Hall–Kier alpha value is -2.96. The molecule has 4 rings (SSSR count). The monoisotopic (exact) mass is 378 g/mol. The Balaban J connectivity index is 1.44. The number of anilines is 2.